The zero-order valence-electron chi connectivity index (χ0n) is 17.4. The second-order valence-electron chi connectivity index (χ2n) is 6.60. The Balaban J connectivity index is 1.98. The first-order valence-electron chi connectivity index (χ1n) is 9.96. The molecule has 0 spiro atoms. The number of carbonyl (C=O) groups is 1. The van der Waals surface area contributed by atoms with Crippen molar-refractivity contribution in [3.63, 3.8) is 0 Å². The summed E-state index contributed by atoms with van der Waals surface area (Å²) >= 11 is 3.36. The fourth-order valence-corrected chi connectivity index (χ4v) is 3.07. The number of pyridine rings is 1. The molecule has 8 nitrogen and oxygen atoms in total. The number of nitriles is 1. The van der Waals surface area contributed by atoms with Gasteiger partial charge in [0.2, 0.25) is 5.88 Å². The topological polar surface area (TPSA) is 106 Å². The van der Waals surface area contributed by atoms with E-state index in [1.54, 1.807) is 48.7 Å². The summed E-state index contributed by atoms with van der Waals surface area (Å²) in [5, 5.41) is 12.2. The van der Waals surface area contributed by atoms with E-state index in [0.717, 1.165) is 4.47 Å². The van der Waals surface area contributed by atoms with Crippen molar-refractivity contribution in [2.45, 2.75) is 13.3 Å². The first-order valence-corrected chi connectivity index (χ1v) is 10.8. The van der Waals surface area contributed by atoms with Crippen molar-refractivity contribution >= 4 is 33.6 Å². The van der Waals surface area contributed by atoms with Crippen LogP contribution in [0.2, 0.25) is 0 Å². The van der Waals surface area contributed by atoms with Crippen molar-refractivity contribution < 1.29 is 14.3 Å². The molecule has 0 radical (unpaired) electrons. The zero-order valence-corrected chi connectivity index (χ0v) is 19.0. The Hall–Kier alpha value is -3.48. The van der Waals surface area contributed by atoms with Gasteiger partial charge in [-0.25, -0.2) is 0 Å². The highest BCUT2D eigenvalue weighted by Gasteiger charge is 2.17. The molecule has 164 valence electrons. The van der Waals surface area contributed by atoms with Gasteiger partial charge in [0.15, 0.2) is 0 Å². The SMILES string of the molecule is CCOCCCNC(=O)/C(C#N)=C/c1c(Oc2ccc(Br)cc2)nc2ccccn2c1=O. The van der Waals surface area contributed by atoms with Gasteiger partial charge in [-0.05, 0) is 55.8 Å². The van der Waals surface area contributed by atoms with Crippen LogP contribution >= 0.6 is 15.9 Å². The molecule has 1 aromatic carbocycles. The van der Waals surface area contributed by atoms with Crippen LogP contribution in [-0.4, -0.2) is 35.1 Å². The van der Waals surface area contributed by atoms with Gasteiger partial charge in [0.25, 0.3) is 11.5 Å². The van der Waals surface area contributed by atoms with E-state index in [0.29, 0.717) is 37.6 Å². The third-order valence-electron chi connectivity index (χ3n) is 4.37. The van der Waals surface area contributed by atoms with Gasteiger partial charge in [0, 0.05) is 30.4 Å². The molecule has 3 aromatic rings. The Morgan fingerprint density at radius 1 is 1.28 bits per heavy atom. The highest BCUT2D eigenvalue weighted by Crippen LogP contribution is 2.25. The van der Waals surface area contributed by atoms with Gasteiger partial charge in [-0.1, -0.05) is 22.0 Å². The fraction of sp³-hybridized carbons (Fsp3) is 0.217. The summed E-state index contributed by atoms with van der Waals surface area (Å²) in [6.45, 7) is 3.33. The van der Waals surface area contributed by atoms with E-state index in [1.165, 1.54) is 10.5 Å². The molecule has 1 amide bonds. The van der Waals surface area contributed by atoms with Crippen LogP contribution in [0, 0.1) is 11.3 Å². The van der Waals surface area contributed by atoms with Crippen LogP contribution in [0.1, 0.15) is 18.9 Å². The fourth-order valence-electron chi connectivity index (χ4n) is 2.81. The van der Waals surface area contributed by atoms with E-state index in [4.69, 9.17) is 9.47 Å². The van der Waals surface area contributed by atoms with Crippen LogP contribution in [-0.2, 0) is 9.53 Å². The average molecular weight is 497 g/mol. The number of hydrogen-bond donors (Lipinski definition) is 1. The van der Waals surface area contributed by atoms with Gasteiger partial charge in [-0.3, -0.25) is 14.0 Å². The molecule has 2 aromatic heterocycles. The summed E-state index contributed by atoms with van der Waals surface area (Å²) in [7, 11) is 0. The lowest BCUT2D eigenvalue weighted by Crippen LogP contribution is -2.27. The largest absolute Gasteiger partial charge is 0.438 e. The van der Waals surface area contributed by atoms with Gasteiger partial charge < -0.3 is 14.8 Å². The molecule has 0 aliphatic heterocycles. The third-order valence-corrected chi connectivity index (χ3v) is 4.90. The van der Waals surface area contributed by atoms with Gasteiger partial charge in [0.05, 0.1) is 0 Å². The van der Waals surface area contributed by atoms with Crippen molar-refractivity contribution in [3.05, 3.63) is 74.6 Å². The number of carbonyl (C=O) groups excluding carboxylic acids is 1. The summed E-state index contributed by atoms with van der Waals surface area (Å²) in [5.74, 6) is -0.134. The Morgan fingerprint density at radius 2 is 2.06 bits per heavy atom. The van der Waals surface area contributed by atoms with E-state index < -0.39 is 11.5 Å². The molecule has 0 atom stereocenters. The monoisotopic (exact) mass is 496 g/mol. The molecular weight excluding hydrogens is 476 g/mol. The molecule has 0 saturated heterocycles. The molecule has 32 heavy (non-hydrogen) atoms. The minimum absolute atomic E-state index is 0.000387. The first-order chi connectivity index (χ1) is 15.5. The molecule has 0 bridgehead atoms. The third kappa shape index (κ3) is 5.81. The van der Waals surface area contributed by atoms with Crippen LogP contribution in [0.3, 0.4) is 0 Å². The van der Waals surface area contributed by atoms with Crippen LogP contribution in [0.15, 0.2) is 63.5 Å². The smallest absolute Gasteiger partial charge is 0.269 e. The number of fused-ring (bicyclic) bond motifs is 1. The first kappa shape index (κ1) is 23.2. The summed E-state index contributed by atoms with van der Waals surface area (Å²) in [4.78, 5) is 30.0. The number of nitrogens with zero attached hydrogens (tertiary/aromatic N) is 3. The van der Waals surface area contributed by atoms with Crippen LogP contribution in [0.5, 0.6) is 11.6 Å². The summed E-state index contributed by atoms with van der Waals surface area (Å²) < 4.78 is 13.3. The zero-order chi connectivity index (χ0) is 22.9. The number of aromatic nitrogens is 2. The van der Waals surface area contributed by atoms with Crippen LogP contribution in [0.4, 0.5) is 0 Å². The molecule has 0 fully saturated rings. The minimum atomic E-state index is -0.587. The van der Waals surface area contributed by atoms with E-state index in [-0.39, 0.29) is 17.0 Å². The normalized spacial score (nSPS) is 11.2. The van der Waals surface area contributed by atoms with Gasteiger partial charge in [-0.2, -0.15) is 10.2 Å². The lowest BCUT2D eigenvalue weighted by atomic mass is 10.1. The van der Waals surface area contributed by atoms with Crippen molar-refractivity contribution in [1.82, 2.24) is 14.7 Å². The number of nitrogens with one attached hydrogen (secondary N) is 1. The molecule has 2 heterocycles. The highest BCUT2D eigenvalue weighted by molar-refractivity contribution is 9.10. The Bertz CT molecular complexity index is 1230. The Morgan fingerprint density at radius 3 is 2.78 bits per heavy atom. The van der Waals surface area contributed by atoms with Crippen LogP contribution in [0.25, 0.3) is 11.7 Å². The Labute approximate surface area is 193 Å². The van der Waals surface area contributed by atoms with Crippen LogP contribution < -0.4 is 15.6 Å². The molecule has 1 N–H and O–H groups in total. The summed E-state index contributed by atoms with van der Waals surface area (Å²) in [5.41, 5.74) is -0.310. The van der Waals surface area contributed by atoms with Crippen molar-refractivity contribution in [3.8, 4) is 17.7 Å². The maximum atomic E-state index is 13.1. The second kappa shape index (κ2) is 11.2. The van der Waals surface area contributed by atoms with Crippen molar-refractivity contribution in [1.29, 1.82) is 5.26 Å². The number of amides is 1. The van der Waals surface area contributed by atoms with E-state index in [1.807, 2.05) is 13.0 Å². The number of rotatable bonds is 9. The molecule has 0 aliphatic rings. The van der Waals surface area contributed by atoms with E-state index in [9.17, 15) is 14.9 Å². The summed E-state index contributed by atoms with van der Waals surface area (Å²) in [6, 6.07) is 14.0. The van der Waals surface area contributed by atoms with Gasteiger partial charge in [0.1, 0.15) is 28.6 Å². The number of benzene rings is 1. The predicted molar refractivity (Wildman–Crippen MR) is 123 cm³/mol. The minimum Gasteiger partial charge on any atom is -0.438 e. The maximum Gasteiger partial charge on any atom is 0.269 e. The molecule has 9 heteroatoms. The van der Waals surface area contributed by atoms with Crippen molar-refractivity contribution in [2.75, 3.05) is 19.8 Å². The quantitative estimate of drug-likeness (QED) is 0.275. The molecule has 0 unspecified atom stereocenters. The molecule has 0 saturated carbocycles. The molecule has 3 rings (SSSR count). The van der Waals surface area contributed by atoms with Gasteiger partial charge >= 0.3 is 0 Å². The average Bonchev–Trinajstić information content (AvgIpc) is 2.80. The standard InChI is InChI=1S/C23H21BrN4O4/c1-2-31-13-5-11-26-21(29)16(15-25)14-19-22(32-18-9-7-17(24)8-10-18)27-20-6-3-4-12-28(20)23(19)30/h3-4,6-10,12,14H,2,5,11,13H2,1H3,(H,26,29)/b16-14+. The second-order valence-corrected chi connectivity index (χ2v) is 7.51. The molecule has 0 aliphatic carbocycles. The lowest BCUT2D eigenvalue weighted by Gasteiger charge is -2.10. The van der Waals surface area contributed by atoms with Crippen molar-refractivity contribution in [2.24, 2.45) is 0 Å². The molecular formula is C23H21BrN4O4. The maximum absolute atomic E-state index is 13.1. The predicted octanol–water partition coefficient (Wildman–Crippen LogP) is 3.70. The van der Waals surface area contributed by atoms with Gasteiger partial charge in [-0.15, -0.1) is 0 Å². The number of hydrogen-bond acceptors (Lipinski definition) is 6. The van der Waals surface area contributed by atoms with E-state index >= 15 is 0 Å². The summed E-state index contributed by atoms with van der Waals surface area (Å²) in [6.07, 6.45) is 3.38. The Kier molecular flexibility index (Phi) is 8.14. The number of halogens is 1. The number of ether oxygens (including phenoxy) is 2. The van der Waals surface area contributed by atoms with E-state index in [2.05, 4.69) is 26.2 Å². The lowest BCUT2D eigenvalue weighted by molar-refractivity contribution is -0.117. The highest BCUT2D eigenvalue weighted by atomic mass is 79.9.